The fourth-order valence-electron chi connectivity index (χ4n) is 4.52. The number of fused-ring (bicyclic) bond motifs is 1. The maximum Gasteiger partial charge on any atom is 0.0246 e. The van der Waals surface area contributed by atoms with Crippen LogP contribution < -0.4 is 5.73 Å². The molecular formula is C14H26N2. The Morgan fingerprint density at radius 1 is 0.938 bits per heavy atom. The highest BCUT2D eigenvalue weighted by molar-refractivity contribution is 4.94. The number of likely N-dealkylation sites (tertiary alicyclic amines) is 1. The molecule has 3 aliphatic rings. The van der Waals surface area contributed by atoms with Crippen molar-refractivity contribution in [2.45, 2.75) is 51.0 Å². The molecule has 0 aromatic rings. The van der Waals surface area contributed by atoms with Crippen LogP contribution in [0.25, 0.3) is 0 Å². The summed E-state index contributed by atoms with van der Waals surface area (Å²) in [6.07, 6.45) is 10.2. The Kier molecular flexibility index (Phi) is 3.21. The first kappa shape index (κ1) is 11.0. The average Bonchev–Trinajstić information content (AvgIpc) is 2.91. The maximum atomic E-state index is 6.04. The highest BCUT2D eigenvalue weighted by Gasteiger charge is 2.40. The van der Waals surface area contributed by atoms with Gasteiger partial charge in [0.05, 0.1) is 0 Å². The summed E-state index contributed by atoms with van der Waals surface area (Å²) in [5.74, 6) is 2.97. The first-order valence-electron chi connectivity index (χ1n) is 7.32. The Morgan fingerprint density at radius 2 is 1.56 bits per heavy atom. The van der Waals surface area contributed by atoms with Crippen LogP contribution in [0.15, 0.2) is 0 Å². The van der Waals surface area contributed by atoms with E-state index in [1.807, 2.05) is 0 Å². The molecule has 0 aromatic heterocycles. The maximum absolute atomic E-state index is 6.04. The summed E-state index contributed by atoms with van der Waals surface area (Å²) < 4.78 is 0. The minimum Gasteiger partial charge on any atom is -0.329 e. The zero-order chi connectivity index (χ0) is 11.0. The SMILES string of the molecule is NCC(C1CCCC1)N1CC2CCCC2C1. The molecule has 3 unspecified atom stereocenters. The second-order valence-electron chi connectivity index (χ2n) is 6.25. The Labute approximate surface area is 99.6 Å². The summed E-state index contributed by atoms with van der Waals surface area (Å²) in [5, 5.41) is 0. The summed E-state index contributed by atoms with van der Waals surface area (Å²) in [4.78, 5) is 2.75. The molecule has 0 spiro atoms. The number of hydrogen-bond acceptors (Lipinski definition) is 2. The second-order valence-corrected chi connectivity index (χ2v) is 6.25. The quantitative estimate of drug-likeness (QED) is 0.793. The van der Waals surface area contributed by atoms with Crippen molar-refractivity contribution in [2.24, 2.45) is 23.5 Å². The van der Waals surface area contributed by atoms with Crippen molar-refractivity contribution in [2.75, 3.05) is 19.6 Å². The van der Waals surface area contributed by atoms with Gasteiger partial charge in [0.15, 0.2) is 0 Å². The van der Waals surface area contributed by atoms with E-state index in [2.05, 4.69) is 4.90 Å². The van der Waals surface area contributed by atoms with Crippen molar-refractivity contribution in [1.82, 2.24) is 4.90 Å². The van der Waals surface area contributed by atoms with Gasteiger partial charge < -0.3 is 5.73 Å². The monoisotopic (exact) mass is 222 g/mol. The number of hydrogen-bond donors (Lipinski definition) is 1. The molecule has 2 N–H and O–H groups in total. The van der Waals surface area contributed by atoms with Gasteiger partial charge in [0, 0.05) is 25.7 Å². The molecule has 16 heavy (non-hydrogen) atoms. The summed E-state index contributed by atoms with van der Waals surface area (Å²) in [6, 6.07) is 0.716. The largest absolute Gasteiger partial charge is 0.329 e. The van der Waals surface area contributed by atoms with Gasteiger partial charge in [-0.2, -0.15) is 0 Å². The molecule has 2 heteroatoms. The second kappa shape index (κ2) is 4.66. The van der Waals surface area contributed by atoms with E-state index in [0.717, 1.165) is 24.3 Å². The minimum atomic E-state index is 0.716. The average molecular weight is 222 g/mol. The number of rotatable bonds is 3. The predicted molar refractivity (Wildman–Crippen MR) is 67.2 cm³/mol. The van der Waals surface area contributed by atoms with E-state index in [4.69, 9.17) is 5.73 Å². The first-order chi connectivity index (χ1) is 7.88. The van der Waals surface area contributed by atoms with E-state index >= 15 is 0 Å². The molecule has 1 aliphatic heterocycles. The summed E-state index contributed by atoms with van der Waals surface area (Å²) in [6.45, 7) is 3.62. The molecule has 0 amide bonds. The third-order valence-corrected chi connectivity index (χ3v) is 5.41. The molecule has 2 saturated carbocycles. The molecule has 3 atom stereocenters. The van der Waals surface area contributed by atoms with E-state index in [-0.39, 0.29) is 0 Å². The Bertz CT molecular complexity index is 223. The van der Waals surface area contributed by atoms with E-state index in [9.17, 15) is 0 Å². The summed E-state index contributed by atoms with van der Waals surface area (Å²) >= 11 is 0. The molecule has 2 nitrogen and oxygen atoms in total. The Morgan fingerprint density at radius 3 is 2.12 bits per heavy atom. The molecule has 92 valence electrons. The van der Waals surface area contributed by atoms with Crippen molar-refractivity contribution in [3.63, 3.8) is 0 Å². The van der Waals surface area contributed by atoms with Crippen LogP contribution in [0.4, 0.5) is 0 Å². The highest BCUT2D eigenvalue weighted by Crippen LogP contribution is 2.40. The lowest BCUT2D eigenvalue weighted by molar-refractivity contribution is 0.168. The van der Waals surface area contributed by atoms with Crippen LogP contribution in [-0.2, 0) is 0 Å². The lowest BCUT2D eigenvalue weighted by atomic mass is 9.96. The highest BCUT2D eigenvalue weighted by atomic mass is 15.2. The predicted octanol–water partition coefficient (Wildman–Crippen LogP) is 2.24. The topological polar surface area (TPSA) is 29.3 Å². The summed E-state index contributed by atoms with van der Waals surface area (Å²) in [7, 11) is 0. The van der Waals surface area contributed by atoms with Crippen LogP contribution >= 0.6 is 0 Å². The fourth-order valence-corrected chi connectivity index (χ4v) is 4.52. The van der Waals surface area contributed by atoms with E-state index in [1.165, 1.54) is 58.0 Å². The van der Waals surface area contributed by atoms with Gasteiger partial charge in [0.25, 0.3) is 0 Å². The Balaban J connectivity index is 1.62. The molecule has 3 fully saturated rings. The van der Waals surface area contributed by atoms with Crippen LogP contribution in [0.3, 0.4) is 0 Å². The van der Waals surface area contributed by atoms with Crippen LogP contribution in [0.1, 0.15) is 44.9 Å². The van der Waals surface area contributed by atoms with Crippen molar-refractivity contribution < 1.29 is 0 Å². The van der Waals surface area contributed by atoms with E-state index in [0.29, 0.717) is 6.04 Å². The molecule has 0 aromatic carbocycles. The molecule has 0 bridgehead atoms. The number of nitrogens with two attached hydrogens (primary N) is 1. The van der Waals surface area contributed by atoms with Crippen molar-refractivity contribution in [3.05, 3.63) is 0 Å². The van der Waals surface area contributed by atoms with Gasteiger partial charge in [0.1, 0.15) is 0 Å². The van der Waals surface area contributed by atoms with Gasteiger partial charge >= 0.3 is 0 Å². The Hall–Kier alpha value is -0.0800. The van der Waals surface area contributed by atoms with Gasteiger partial charge in [-0.25, -0.2) is 0 Å². The van der Waals surface area contributed by atoms with E-state index in [1.54, 1.807) is 0 Å². The van der Waals surface area contributed by atoms with Crippen molar-refractivity contribution in [1.29, 1.82) is 0 Å². The fraction of sp³-hybridized carbons (Fsp3) is 1.00. The molecule has 3 rings (SSSR count). The zero-order valence-corrected chi connectivity index (χ0v) is 10.4. The lowest BCUT2D eigenvalue weighted by Crippen LogP contribution is -2.44. The third kappa shape index (κ3) is 1.91. The standard InChI is InChI=1S/C14H26N2/c15-8-14(11-4-1-2-5-11)16-9-12-6-3-7-13(12)10-16/h11-14H,1-10,15H2. The summed E-state index contributed by atoms with van der Waals surface area (Å²) in [5.41, 5.74) is 6.04. The lowest BCUT2D eigenvalue weighted by Gasteiger charge is -2.32. The van der Waals surface area contributed by atoms with Gasteiger partial charge in [-0.3, -0.25) is 4.90 Å². The van der Waals surface area contributed by atoms with Crippen molar-refractivity contribution in [3.8, 4) is 0 Å². The van der Waals surface area contributed by atoms with Gasteiger partial charge in [-0.05, 0) is 43.4 Å². The van der Waals surface area contributed by atoms with Crippen LogP contribution in [0, 0.1) is 17.8 Å². The smallest absolute Gasteiger partial charge is 0.0246 e. The first-order valence-corrected chi connectivity index (χ1v) is 7.32. The third-order valence-electron chi connectivity index (χ3n) is 5.41. The molecular weight excluding hydrogens is 196 g/mol. The van der Waals surface area contributed by atoms with Crippen molar-refractivity contribution >= 4 is 0 Å². The van der Waals surface area contributed by atoms with Gasteiger partial charge in [0.2, 0.25) is 0 Å². The molecule has 2 aliphatic carbocycles. The number of nitrogens with zero attached hydrogens (tertiary/aromatic N) is 1. The van der Waals surface area contributed by atoms with Gasteiger partial charge in [-0.15, -0.1) is 0 Å². The molecule has 0 radical (unpaired) electrons. The normalized spacial score (nSPS) is 38.1. The zero-order valence-electron chi connectivity index (χ0n) is 10.4. The van der Waals surface area contributed by atoms with Gasteiger partial charge in [-0.1, -0.05) is 19.3 Å². The molecule has 1 heterocycles. The van der Waals surface area contributed by atoms with Crippen LogP contribution in [0.2, 0.25) is 0 Å². The minimum absolute atomic E-state index is 0.716. The van der Waals surface area contributed by atoms with Crippen LogP contribution in [0.5, 0.6) is 0 Å². The van der Waals surface area contributed by atoms with Crippen LogP contribution in [-0.4, -0.2) is 30.6 Å². The molecule has 1 saturated heterocycles. The van der Waals surface area contributed by atoms with E-state index < -0.39 is 0 Å².